The van der Waals surface area contributed by atoms with Crippen molar-refractivity contribution in [3.05, 3.63) is 59.7 Å². The minimum Gasteiger partial charge on any atom is -0.475 e. The van der Waals surface area contributed by atoms with Crippen molar-refractivity contribution in [3.63, 3.8) is 0 Å². The van der Waals surface area contributed by atoms with Crippen molar-refractivity contribution in [1.29, 1.82) is 0 Å². The summed E-state index contributed by atoms with van der Waals surface area (Å²) in [6, 6.07) is 10.2. The van der Waals surface area contributed by atoms with Crippen LogP contribution in [0, 0.1) is 6.92 Å². The molecule has 0 aromatic carbocycles. The predicted molar refractivity (Wildman–Crippen MR) is 135 cm³/mol. The van der Waals surface area contributed by atoms with Gasteiger partial charge in [0, 0.05) is 30.7 Å². The van der Waals surface area contributed by atoms with Crippen LogP contribution < -0.4 is 0 Å². The largest absolute Gasteiger partial charge is 0.490 e. The summed E-state index contributed by atoms with van der Waals surface area (Å²) in [5.41, 5.74) is 2.61. The molecule has 0 bridgehead atoms. The molecule has 2 aromatic rings. The third-order valence-corrected chi connectivity index (χ3v) is 5.46. The highest BCUT2D eigenvalue weighted by molar-refractivity contribution is 5.92. The molecule has 0 radical (unpaired) electrons. The molecule has 1 amide bonds. The number of carbonyl (C=O) groups excluding carboxylic acids is 1. The fraction of sp³-hybridized carbons (Fsp3) is 0.440. The van der Waals surface area contributed by atoms with Gasteiger partial charge in [-0.25, -0.2) is 19.4 Å². The number of aryl methyl sites for hydroxylation is 1. The lowest BCUT2D eigenvalue weighted by Crippen LogP contribution is -2.46. The van der Waals surface area contributed by atoms with Crippen LogP contribution in [0.1, 0.15) is 28.2 Å². The van der Waals surface area contributed by atoms with Crippen LogP contribution in [0.5, 0.6) is 0 Å². The highest BCUT2D eigenvalue weighted by Crippen LogP contribution is 2.26. The van der Waals surface area contributed by atoms with E-state index in [2.05, 4.69) is 29.0 Å². The van der Waals surface area contributed by atoms with Gasteiger partial charge in [0.2, 0.25) is 0 Å². The number of pyridine rings is 2. The summed E-state index contributed by atoms with van der Waals surface area (Å²) in [6.45, 7) is 2.69. The Balaban J connectivity index is 0.000000753. The lowest BCUT2D eigenvalue weighted by atomic mass is 10.00. The Morgan fingerprint density at radius 1 is 0.822 bits per heavy atom. The van der Waals surface area contributed by atoms with Gasteiger partial charge in [-0.15, -0.1) is 0 Å². The molecule has 1 saturated heterocycles. The Kier molecular flexibility index (Phi) is 15.4. The molecule has 0 aliphatic carbocycles. The van der Waals surface area contributed by atoms with Gasteiger partial charge in [-0.05, 0) is 63.7 Å². The van der Waals surface area contributed by atoms with Crippen molar-refractivity contribution in [2.75, 3.05) is 20.6 Å². The number of rotatable bonds is 4. The van der Waals surface area contributed by atoms with E-state index >= 15 is 0 Å². The number of hydrogen-bond donors (Lipinski definition) is 3. The van der Waals surface area contributed by atoms with Crippen molar-refractivity contribution in [2.45, 2.75) is 50.4 Å². The number of carboxylic acids is 3. The van der Waals surface area contributed by atoms with Crippen LogP contribution in [0.15, 0.2) is 42.7 Å². The van der Waals surface area contributed by atoms with Gasteiger partial charge in [-0.1, -0.05) is 6.07 Å². The fourth-order valence-electron chi connectivity index (χ4n) is 3.51. The van der Waals surface area contributed by atoms with E-state index in [1.54, 1.807) is 0 Å². The molecule has 1 aliphatic heterocycles. The van der Waals surface area contributed by atoms with Crippen LogP contribution in [-0.2, 0) is 20.8 Å². The van der Waals surface area contributed by atoms with E-state index in [1.165, 1.54) is 5.56 Å². The van der Waals surface area contributed by atoms with Crippen LogP contribution in [0.3, 0.4) is 0 Å². The molecule has 2 atom stereocenters. The topological polar surface area (TPSA) is 161 Å². The molecule has 1 fully saturated rings. The lowest BCUT2D eigenvalue weighted by molar-refractivity contribution is -0.193. The first-order valence-corrected chi connectivity index (χ1v) is 12.1. The standard InChI is InChI=1S/C19H24N4O.3C2HF3O2/c1-14-5-4-6-16(21-14)19(24)23-12-9-17(22(2)3)18(23)13-15-7-10-20-11-8-15;3*3-2(4,5)1(6)7/h4-8,10-11,17-18H,9,12-13H2,1-3H3;3*(H,6,7)/t17-,18+;;;/m1.../s1. The number of aromatic nitrogens is 2. The van der Waals surface area contributed by atoms with Gasteiger partial charge < -0.3 is 25.1 Å². The maximum Gasteiger partial charge on any atom is 0.490 e. The number of alkyl halides is 9. The smallest absolute Gasteiger partial charge is 0.475 e. The molecular weight excluding hydrogens is 639 g/mol. The molecule has 0 spiro atoms. The minimum atomic E-state index is -5.08. The minimum absolute atomic E-state index is 0.0297. The van der Waals surface area contributed by atoms with Gasteiger partial charge in [-0.3, -0.25) is 9.78 Å². The summed E-state index contributed by atoms with van der Waals surface area (Å²) in [5, 5.41) is 21.4. The average Bonchev–Trinajstić information content (AvgIpc) is 3.32. The molecule has 0 unspecified atom stereocenters. The molecule has 1 aliphatic rings. The SMILES string of the molecule is Cc1cccc(C(=O)N2CC[C@@H](N(C)C)[C@@H]2Cc2ccncc2)n1.O=C(O)C(F)(F)F.O=C(O)C(F)(F)F.O=C(O)C(F)(F)F. The highest BCUT2D eigenvalue weighted by Gasteiger charge is 2.40. The van der Waals surface area contributed by atoms with Crippen LogP contribution in [0.25, 0.3) is 0 Å². The maximum absolute atomic E-state index is 13.0. The zero-order valence-electron chi connectivity index (χ0n) is 23.5. The Bertz CT molecular complexity index is 1210. The molecule has 3 heterocycles. The van der Waals surface area contributed by atoms with Crippen molar-refractivity contribution < 1.29 is 74.0 Å². The van der Waals surface area contributed by atoms with E-state index in [9.17, 15) is 44.3 Å². The summed E-state index contributed by atoms with van der Waals surface area (Å²) < 4.78 is 95.2. The van der Waals surface area contributed by atoms with Crippen LogP contribution in [0.4, 0.5) is 39.5 Å². The second-order valence-electron chi connectivity index (χ2n) is 9.02. The average molecular weight is 666 g/mol. The summed E-state index contributed by atoms with van der Waals surface area (Å²) in [7, 11) is 4.17. The van der Waals surface area contributed by atoms with E-state index in [1.807, 2.05) is 54.5 Å². The highest BCUT2D eigenvalue weighted by atomic mass is 19.4. The first kappa shape index (κ1) is 40.5. The second-order valence-corrected chi connectivity index (χ2v) is 9.02. The number of likely N-dealkylation sites (tertiary alicyclic amines) is 1. The number of carbonyl (C=O) groups is 4. The Labute approximate surface area is 248 Å². The Morgan fingerprint density at radius 3 is 1.60 bits per heavy atom. The fourth-order valence-corrected chi connectivity index (χ4v) is 3.51. The number of likely N-dealkylation sites (N-methyl/N-ethyl adjacent to an activating group) is 1. The van der Waals surface area contributed by atoms with Crippen LogP contribution in [-0.4, -0.2) is 110 Å². The van der Waals surface area contributed by atoms with Crippen molar-refractivity contribution in [1.82, 2.24) is 19.8 Å². The zero-order chi connectivity index (χ0) is 35.3. The second kappa shape index (κ2) is 17.1. The number of aliphatic carboxylic acids is 3. The van der Waals surface area contributed by atoms with Crippen molar-refractivity contribution in [2.24, 2.45) is 0 Å². The summed E-state index contributed by atoms with van der Waals surface area (Å²) >= 11 is 0. The summed E-state index contributed by atoms with van der Waals surface area (Å²) in [4.78, 5) is 52.4. The Morgan fingerprint density at radius 2 is 1.24 bits per heavy atom. The predicted octanol–water partition coefficient (Wildman–Crippen LogP) is 4.07. The molecule has 11 nitrogen and oxygen atoms in total. The van der Waals surface area contributed by atoms with E-state index < -0.39 is 36.4 Å². The van der Waals surface area contributed by atoms with Gasteiger partial charge in [0.1, 0.15) is 5.69 Å². The van der Waals surface area contributed by atoms with Gasteiger partial charge in [-0.2, -0.15) is 39.5 Å². The molecule has 45 heavy (non-hydrogen) atoms. The van der Waals surface area contributed by atoms with Crippen LogP contribution in [0.2, 0.25) is 0 Å². The van der Waals surface area contributed by atoms with Gasteiger partial charge in [0.05, 0.1) is 6.04 Å². The number of halogens is 9. The van der Waals surface area contributed by atoms with E-state index in [4.69, 9.17) is 29.7 Å². The Hall–Kier alpha value is -4.49. The monoisotopic (exact) mass is 666 g/mol. The van der Waals surface area contributed by atoms with E-state index in [0.29, 0.717) is 11.7 Å². The van der Waals surface area contributed by atoms with Crippen molar-refractivity contribution in [3.8, 4) is 0 Å². The quantitative estimate of drug-likeness (QED) is 0.406. The number of amides is 1. The molecule has 252 valence electrons. The third kappa shape index (κ3) is 15.2. The first-order valence-electron chi connectivity index (χ1n) is 12.1. The number of nitrogens with zero attached hydrogens (tertiary/aromatic N) is 4. The first-order chi connectivity index (χ1) is 20.4. The van der Waals surface area contributed by atoms with Gasteiger partial charge >= 0.3 is 36.4 Å². The number of hydrogen-bond acceptors (Lipinski definition) is 7. The number of carboxylic acid groups (broad SMARTS) is 3. The molecular formula is C25H27F9N4O7. The normalized spacial score (nSPS) is 16.2. The molecule has 20 heteroatoms. The van der Waals surface area contributed by atoms with E-state index in [0.717, 1.165) is 25.1 Å². The van der Waals surface area contributed by atoms with Gasteiger partial charge in [0.25, 0.3) is 5.91 Å². The third-order valence-electron chi connectivity index (χ3n) is 5.46. The molecule has 0 saturated carbocycles. The van der Waals surface area contributed by atoms with Crippen LogP contribution >= 0.6 is 0 Å². The molecule has 2 aromatic heterocycles. The molecule has 3 N–H and O–H groups in total. The maximum atomic E-state index is 13.0. The summed E-state index contributed by atoms with van der Waals surface area (Å²) in [6.07, 6.45) is -9.81. The molecule has 3 rings (SSSR count). The zero-order valence-corrected chi connectivity index (χ0v) is 23.5. The van der Waals surface area contributed by atoms with Gasteiger partial charge in [0.15, 0.2) is 0 Å². The van der Waals surface area contributed by atoms with Crippen molar-refractivity contribution >= 4 is 23.8 Å². The lowest BCUT2D eigenvalue weighted by Gasteiger charge is -2.31. The summed E-state index contributed by atoms with van der Waals surface area (Å²) in [5.74, 6) is -8.24. The van der Waals surface area contributed by atoms with E-state index in [-0.39, 0.29) is 11.9 Å².